The monoisotopic (exact) mass is 319 g/mol. The van der Waals surface area contributed by atoms with E-state index >= 15 is 0 Å². The Bertz CT molecular complexity index is 674. The maximum Gasteiger partial charge on any atom is 0.351 e. The fourth-order valence-electron chi connectivity index (χ4n) is 2.37. The zero-order valence-electron chi connectivity index (χ0n) is 13.1. The van der Waals surface area contributed by atoms with Crippen LogP contribution in [-0.2, 0) is 9.47 Å². The van der Waals surface area contributed by atoms with Gasteiger partial charge in [-0.3, -0.25) is 4.57 Å². The summed E-state index contributed by atoms with van der Waals surface area (Å²) >= 11 is 0. The minimum atomic E-state index is -0.579. The smallest absolute Gasteiger partial charge is 0.351 e. The standard InChI is InChI=1S/C16H21N3O4/c1-3-5-6-11-9-19(16(21)18-15(11)17)14-8-12(22-7-4-2)13(10-20)23-14/h4,9,12-14,20H,2-3,7-8,10H2,1H3,(H2,17,18,21). The van der Waals surface area contributed by atoms with Crippen molar-refractivity contribution in [3.05, 3.63) is 34.9 Å². The number of aromatic nitrogens is 2. The van der Waals surface area contributed by atoms with E-state index in [2.05, 4.69) is 23.4 Å². The van der Waals surface area contributed by atoms with Crippen LogP contribution in [0.25, 0.3) is 0 Å². The van der Waals surface area contributed by atoms with Gasteiger partial charge in [-0.15, -0.1) is 6.58 Å². The first-order valence-corrected chi connectivity index (χ1v) is 7.47. The van der Waals surface area contributed by atoms with Crippen molar-refractivity contribution in [1.29, 1.82) is 0 Å². The van der Waals surface area contributed by atoms with Crippen LogP contribution in [0.4, 0.5) is 5.82 Å². The second-order valence-corrected chi connectivity index (χ2v) is 5.09. The van der Waals surface area contributed by atoms with E-state index in [1.54, 1.807) is 12.3 Å². The molecule has 0 spiro atoms. The minimum Gasteiger partial charge on any atom is -0.394 e. The molecule has 3 unspecified atom stereocenters. The molecular formula is C16H21N3O4. The van der Waals surface area contributed by atoms with Crippen LogP contribution in [-0.4, -0.2) is 40.1 Å². The number of hydrogen-bond acceptors (Lipinski definition) is 6. The van der Waals surface area contributed by atoms with Crippen LogP contribution in [0.5, 0.6) is 0 Å². The predicted octanol–water partition coefficient (Wildman–Crippen LogP) is 0.438. The summed E-state index contributed by atoms with van der Waals surface area (Å²) in [6, 6.07) is 0. The lowest BCUT2D eigenvalue weighted by Gasteiger charge is -2.15. The second kappa shape index (κ2) is 7.92. The van der Waals surface area contributed by atoms with E-state index in [0.717, 1.165) is 0 Å². The summed E-state index contributed by atoms with van der Waals surface area (Å²) in [5.41, 5.74) is 5.69. The van der Waals surface area contributed by atoms with Gasteiger partial charge in [-0.25, -0.2) is 4.79 Å². The summed E-state index contributed by atoms with van der Waals surface area (Å²) in [5.74, 6) is 5.88. The molecule has 1 aromatic rings. The van der Waals surface area contributed by atoms with E-state index in [0.29, 0.717) is 25.0 Å². The van der Waals surface area contributed by atoms with E-state index in [-0.39, 0.29) is 18.5 Å². The Labute approximate surface area is 134 Å². The molecule has 124 valence electrons. The van der Waals surface area contributed by atoms with Crippen LogP contribution in [0.3, 0.4) is 0 Å². The SMILES string of the molecule is C=CCOC1CC(n2cc(C#CCC)c(N)nc2=O)OC1CO. The zero-order valence-corrected chi connectivity index (χ0v) is 13.1. The summed E-state index contributed by atoms with van der Waals surface area (Å²) in [7, 11) is 0. The van der Waals surface area contributed by atoms with Crippen LogP contribution in [0.2, 0.25) is 0 Å². The van der Waals surface area contributed by atoms with Crippen molar-refractivity contribution >= 4 is 5.82 Å². The third-order valence-electron chi connectivity index (χ3n) is 3.48. The molecule has 0 radical (unpaired) electrons. The summed E-state index contributed by atoms with van der Waals surface area (Å²) in [5, 5.41) is 9.41. The van der Waals surface area contributed by atoms with Crippen molar-refractivity contribution in [1.82, 2.24) is 9.55 Å². The van der Waals surface area contributed by atoms with Gasteiger partial charge in [-0.05, 0) is 0 Å². The van der Waals surface area contributed by atoms with Gasteiger partial charge in [0.1, 0.15) is 18.1 Å². The van der Waals surface area contributed by atoms with E-state index in [1.807, 2.05) is 6.92 Å². The van der Waals surface area contributed by atoms with Crippen LogP contribution < -0.4 is 11.4 Å². The molecule has 0 bridgehead atoms. The third kappa shape index (κ3) is 3.99. The Balaban J connectivity index is 2.27. The summed E-state index contributed by atoms with van der Waals surface area (Å²) in [6.07, 6.45) is 2.85. The molecule has 7 nitrogen and oxygen atoms in total. The van der Waals surface area contributed by atoms with E-state index in [9.17, 15) is 9.90 Å². The van der Waals surface area contributed by atoms with Gasteiger partial charge in [0.25, 0.3) is 0 Å². The molecule has 1 saturated heterocycles. The summed E-state index contributed by atoms with van der Waals surface area (Å²) in [6.45, 7) is 5.66. The topological polar surface area (TPSA) is 99.6 Å². The van der Waals surface area contributed by atoms with E-state index < -0.39 is 18.0 Å². The molecule has 2 rings (SSSR count). The highest BCUT2D eigenvalue weighted by atomic mass is 16.6. The number of hydrogen-bond donors (Lipinski definition) is 2. The Morgan fingerprint density at radius 3 is 3.13 bits per heavy atom. The van der Waals surface area contributed by atoms with Gasteiger partial charge in [0.05, 0.1) is 24.9 Å². The number of aliphatic hydroxyl groups is 1. The lowest BCUT2D eigenvalue weighted by Crippen LogP contribution is -2.29. The number of aliphatic hydroxyl groups excluding tert-OH is 1. The third-order valence-corrected chi connectivity index (χ3v) is 3.48. The molecule has 0 amide bonds. The number of nitrogen functional groups attached to an aromatic ring is 1. The fraction of sp³-hybridized carbons (Fsp3) is 0.500. The molecule has 3 N–H and O–H groups in total. The average molecular weight is 319 g/mol. The van der Waals surface area contributed by atoms with Crippen LogP contribution >= 0.6 is 0 Å². The largest absolute Gasteiger partial charge is 0.394 e. The molecule has 1 aromatic heterocycles. The van der Waals surface area contributed by atoms with Crippen LogP contribution in [0, 0.1) is 11.8 Å². The van der Waals surface area contributed by atoms with Gasteiger partial charge in [-0.1, -0.05) is 24.8 Å². The number of anilines is 1. The highest BCUT2D eigenvalue weighted by Gasteiger charge is 2.37. The molecule has 1 aliphatic heterocycles. The highest BCUT2D eigenvalue weighted by molar-refractivity contribution is 5.48. The van der Waals surface area contributed by atoms with E-state index in [1.165, 1.54) is 4.57 Å². The molecule has 23 heavy (non-hydrogen) atoms. The van der Waals surface area contributed by atoms with Crippen molar-refractivity contribution in [2.45, 2.75) is 38.2 Å². The maximum absolute atomic E-state index is 12.1. The quantitative estimate of drug-likeness (QED) is 0.603. The summed E-state index contributed by atoms with van der Waals surface area (Å²) in [4.78, 5) is 15.9. The van der Waals surface area contributed by atoms with Crippen molar-refractivity contribution in [3.63, 3.8) is 0 Å². The molecule has 3 atom stereocenters. The molecular weight excluding hydrogens is 298 g/mol. The molecule has 7 heteroatoms. The summed E-state index contributed by atoms with van der Waals surface area (Å²) < 4.78 is 12.6. The van der Waals surface area contributed by atoms with Crippen molar-refractivity contribution < 1.29 is 14.6 Å². The van der Waals surface area contributed by atoms with Gasteiger partial charge < -0.3 is 20.3 Å². The normalized spacial score (nSPS) is 23.3. The molecule has 0 saturated carbocycles. The van der Waals surface area contributed by atoms with Crippen molar-refractivity contribution in [3.8, 4) is 11.8 Å². The maximum atomic E-state index is 12.1. The van der Waals surface area contributed by atoms with Crippen molar-refractivity contribution in [2.75, 3.05) is 18.9 Å². The first-order valence-electron chi connectivity index (χ1n) is 7.47. The lowest BCUT2D eigenvalue weighted by molar-refractivity contribution is -0.0581. The first kappa shape index (κ1) is 17.2. The Morgan fingerprint density at radius 1 is 1.70 bits per heavy atom. The van der Waals surface area contributed by atoms with Crippen molar-refractivity contribution in [2.24, 2.45) is 0 Å². The Morgan fingerprint density at radius 2 is 2.48 bits per heavy atom. The molecule has 0 aromatic carbocycles. The number of nitrogens with two attached hydrogens (primary N) is 1. The Kier molecular flexibility index (Phi) is 5.93. The highest BCUT2D eigenvalue weighted by Crippen LogP contribution is 2.30. The molecule has 2 heterocycles. The average Bonchev–Trinajstić information content (AvgIpc) is 2.95. The zero-order chi connectivity index (χ0) is 16.8. The molecule has 0 aliphatic carbocycles. The predicted molar refractivity (Wildman–Crippen MR) is 85.6 cm³/mol. The number of ether oxygens (including phenoxy) is 2. The first-order chi connectivity index (χ1) is 11.1. The number of nitrogens with zero attached hydrogens (tertiary/aromatic N) is 2. The second-order valence-electron chi connectivity index (χ2n) is 5.09. The van der Waals surface area contributed by atoms with Gasteiger partial charge in [0.2, 0.25) is 0 Å². The van der Waals surface area contributed by atoms with Gasteiger partial charge in [-0.2, -0.15) is 4.98 Å². The minimum absolute atomic E-state index is 0.100. The molecule has 1 aliphatic rings. The fourth-order valence-corrected chi connectivity index (χ4v) is 2.37. The van der Waals surface area contributed by atoms with Gasteiger partial charge in [0.15, 0.2) is 0 Å². The lowest BCUT2D eigenvalue weighted by atomic mass is 10.2. The van der Waals surface area contributed by atoms with E-state index in [4.69, 9.17) is 15.2 Å². The van der Waals surface area contributed by atoms with Crippen LogP contribution in [0.15, 0.2) is 23.6 Å². The van der Waals surface area contributed by atoms with Crippen LogP contribution in [0.1, 0.15) is 31.6 Å². The van der Waals surface area contributed by atoms with Gasteiger partial charge >= 0.3 is 5.69 Å². The Hall–Kier alpha value is -2.14. The number of rotatable bonds is 5. The molecule has 1 fully saturated rings. The van der Waals surface area contributed by atoms with Gasteiger partial charge in [0, 0.05) is 19.0 Å².